The van der Waals surface area contributed by atoms with Gasteiger partial charge in [0.2, 0.25) is 17.8 Å². The van der Waals surface area contributed by atoms with Crippen LogP contribution in [0.25, 0.3) is 0 Å². The third kappa shape index (κ3) is 6.61. The lowest BCUT2D eigenvalue weighted by atomic mass is 10.1. The van der Waals surface area contributed by atoms with E-state index >= 15 is 0 Å². The second-order valence-corrected chi connectivity index (χ2v) is 7.91. The second kappa shape index (κ2) is 9.35. The minimum Gasteiger partial charge on any atom is -0.349 e. The molecule has 0 bridgehead atoms. The van der Waals surface area contributed by atoms with Gasteiger partial charge in [-0.05, 0) is 32.9 Å². The van der Waals surface area contributed by atoms with Gasteiger partial charge in [0, 0.05) is 33.9 Å². The van der Waals surface area contributed by atoms with Crippen molar-refractivity contribution >= 4 is 47.0 Å². The molecule has 31 heavy (non-hydrogen) atoms. The Labute approximate surface area is 184 Å². The molecule has 3 aromatic rings. The number of anilines is 4. The molecule has 1 aromatic heterocycles. The van der Waals surface area contributed by atoms with Crippen molar-refractivity contribution in [1.29, 1.82) is 0 Å². The molecule has 0 fully saturated rings. The summed E-state index contributed by atoms with van der Waals surface area (Å²) in [4.78, 5) is 23.5. The van der Waals surface area contributed by atoms with Gasteiger partial charge in [0.25, 0.3) is 5.69 Å². The van der Waals surface area contributed by atoms with Gasteiger partial charge < -0.3 is 10.6 Å². The molecule has 0 saturated heterocycles. The summed E-state index contributed by atoms with van der Waals surface area (Å²) in [7, 11) is 0. The Bertz CT molecular complexity index is 1110. The third-order valence-electron chi connectivity index (χ3n) is 3.71. The third-order valence-corrected chi connectivity index (χ3v) is 4.05. The number of aromatic nitrogens is 3. The Morgan fingerprint density at radius 2 is 1.74 bits per heavy atom. The maximum absolute atomic E-state index is 11.0. The lowest BCUT2D eigenvalue weighted by molar-refractivity contribution is -0.384. The minimum atomic E-state index is -0.471. The quantitative estimate of drug-likeness (QED) is 0.270. The Hall–Kier alpha value is -3.79. The van der Waals surface area contributed by atoms with Crippen molar-refractivity contribution in [3.8, 4) is 0 Å². The molecule has 0 atom stereocenters. The molecule has 0 saturated carbocycles. The van der Waals surface area contributed by atoms with Crippen molar-refractivity contribution in [2.75, 3.05) is 16.1 Å². The van der Waals surface area contributed by atoms with Crippen LogP contribution in [0, 0.1) is 10.1 Å². The van der Waals surface area contributed by atoms with Crippen LogP contribution >= 0.6 is 11.6 Å². The molecule has 0 aliphatic carbocycles. The topological polar surface area (TPSA) is 130 Å². The fourth-order valence-electron chi connectivity index (χ4n) is 2.44. The van der Waals surface area contributed by atoms with Gasteiger partial charge in [0.1, 0.15) is 0 Å². The normalized spacial score (nSPS) is 11.4. The summed E-state index contributed by atoms with van der Waals surface area (Å²) in [5.41, 5.74) is 3.61. The summed E-state index contributed by atoms with van der Waals surface area (Å²) in [6, 6.07) is 13.3. The average molecular weight is 441 g/mol. The molecule has 0 radical (unpaired) electrons. The number of nitrogens with one attached hydrogen (secondary N) is 3. The maximum atomic E-state index is 11.0. The van der Waals surface area contributed by atoms with Gasteiger partial charge in [0.15, 0.2) is 0 Å². The first-order valence-corrected chi connectivity index (χ1v) is 9.67. The van der Waals surface area contributed by atoms with Gasteiger partial charge in [-0.3, -0.25) is 10.1 Å². The number of hydrogen-bond acceptors (Lipinski definition) is 9. The summed E-state index contributed by atoms with van der Waals surface area (Å²) >= 11 is 6.13. The summed E-state index contributed by atoms with van der Waals surface area (Å²) in [5.74, 6) is 0.682. The van der Waals surface area contributed by atoms with Crippen LogP contribution < -0.4 is 16.1 Å². The number of nitro benzene ring substituents is 1. The lowest BCUT2D eigenvalue weighted by Crippen LogP contribution is -2.27. The average Bonchev–Trinajstić information content (AvgIpc) is 2.68. The lowest BCUT2D eigenvalue weighted by Gasteiger charge is -2.20. The van der Waals surface area contributed by atoms with Crippen molar-refractivity contribution in [2.45, 2.75) is 26.3 Å². The molecule has 0 aliphatic heterocycles. The predicted octanol–water partition coefficient (Wildman–Crippen LogP) is 4.83. The van der Waals surface area contributed by atoms with Crippen molar-refractivity contribution in [2.24, 2.45) is 5.10 Å². The predicted molar refractivity (Wildman–Crippen MR) is 122 cm³/mol. The van der Waals surface area contributed by atoms with Crippen molar-refractivity contribution < 1.29 is 4.92 Å². The zero-order chi connectivity index (χ0) is 22.4. The van der Waals surface area contributed by atoms with E-state index in [-0.39, 0.29) is 23.1 Å². The first-order valence-electron chi connectivity index (χ1n) is 9.29. The molecule has 1 heterocycles. The molecule has 2 aromatic carbocycles. The van der Waals surface area contributed by atoms with E-state index in [1.807, 2.05) is 39.0 Å². The van der Waals surface area contributed by atoms with E-state index in [1.165, 1.54) is 12.1 Å². The molecule has 3 N–H and O–H groups in total. The fourth-order valence-corrected chi connectivity index (χ4v) is 2.62. The smallest absolute Gasteiger partial charge is 0.271 e. The molecule has 160 valence electrons. The number of non-ortho nitro benzene ring substituents is 1. The zero-order valence-electron chi connectivity index (χ0n) is 17.1. The van der Waals surface area contributed by atoms with E-state index in [2.05, 4.69) is 36.1 Å². The standard InChI is InChI=1S/C20H21ClN8O2/c1-20(2,3)27-18-24-17(23-14-8-6-9-15(11-14)29(30)31)25-19(26-18)28-22-12-13-7-4-5-10-16(13)21/h4-12H,1-3H3,(H3,23,24,25,26,27,28)/b22-12+. The van der Waals surface area contributed by atoms with Crippen LogP contribution in [0.3, 0.4) is 0 Å². The van der Waals surface area contributed by atoms with Crippen LogP contribution in [0.1, 0.15) is 26.3 Å². The van der Waals surface area contributed by atoms with Gasteiger partial charge in [-0.1, -0.05) is 35.9 Å². The SMILES string of the molecule is CC(C)(C)Nc1nc(N/N=C/c2ccccc2Cl)nc(Nc2cccc([N+](=O)[O-])c2)n1. The minimum absolute atomic E-state index is 0.0465. The summed E-state index contributed by atoms with van der Waals surface area (Å²) in [6.07, 6.45) is 1.55. The maximum Gasteiger partial charge on any atom is 0.271 e. The second-order valence-electron chi connectivity index (χ2n) is 7.51. The molecule has 0 unspecified atom stereocenters. The summed E-state index contributed by atoms with van der Waals surface area (Å²) in [5, 5.41) is 21.9. The van der Waals surface area contributed by atoms with Crippen molar-refractivity contribution in [1.82, 2.24) is 15.0 Å². The molecule has 0 amide bonds. The highest BCUT2D eigenvalue weighted by atomic mass is 35.5. The molecular formula is C20H21ClN8O2. The molecule has 10 nitrogen and oxygen atoms in total. The van der Waals surface area contributed by atoms with Gasteiger partial charge in [-0.15, -0.1) is 0 Å². The largest absolute Gasteiger partial charge is 0.349 e. The Balaban J connectivity index is 1.86. The molecule has 0 spiro atoms. The first kappa shape index (κ1) is 21.9. The van der Waals surface area contributed by atoms with Gasteiger partial charge >= 0.3 is 0 Å². The van der Waals surface area contributed by atoms with Gasteiger partial charge in [-0.2, -0.15) is 20.1 Å². The Kier molecular flexibility index (Phi) is 6.61. The first-order chi connectivity index (χ1) is 14.7. The fraction of sp³-hybridized carbons (Fsp3) is 0.200. The van der Waals surface area contributed by atoms with E-state index in [9.17, 15) is 10.1 Å². The number of benzene rings is 2. The van der Waals surface area contributed by atoms with E-state index in [0.29, 0.717) is 16.7 Å². The van der Waals surface area contributed by atoms with Crippen LogP contribution in [-0.2, 0) is 0 Å². The van der Waals surface area contributed by atoms with E-state index in [4.69, 9.17) is 11.6 Å². The summed E-state index contributed by atoms with van der Waals surface area (Å²) in [6.45, 7) is 5.90. The number of hydrogen-bond donors (Lipinski definition) is 3. The highest BCUT2D eigenvalue weighted by Crippen LogP contribution is 2.21. The number of rotatable bonds is 7. The summed E-state index contributed by atoms with van der Waals surface area (Å²) < 4.78 is 0. The van der Waals surface area contributed by atoms with Crippen LogP contribution in [0.4, 0.5) is 29.2 Å². The van der Waals surface area contributed by atoms with Gasteiger partial charge in [0.05, 0.1) is 11.1 Å². The van der Waals surface area contributed by atoms with Crippen LogP contribution in [0.5, 0.6) is 0 Å². The van der Waals surface area contributed by atoms with E-state index in [0.717, 1.165) is 5.56 Å². The zero-order valence-corrected chi connectivity index (χ0v) is 17.9. The highest BCUT2D eigenvalue weighted by Gasteiger charge is 2.15. The molecular weight excluding hydrogens is 420 g/mol. The number of nitro groups is 1. The monoisotopic (exact) mass is 440 g/mol. The van der Waals surface area contributed by atoms with E-state index in [1.54, 1.807) is 24.4 Å². The van der Waals surface area contributed by atoms with Crippen molar-refractivity contribution in [3.05, 3.63) is 69.2 Å². The van der Waals surface area contributed by atoms with Crippen LogP contribution in [0.15, 0.2) is 53.6 Å². The van der Waals surface area contributed by atoms with E-state index < -0.39 is 4.92 Å². The van der Waals surface area contributed by atoms with Crippen LogP contribution in [0.2, 0.25) is 5.02 Å². The number of nitrogens with zero attached hydrogens (tertiary/aromatic N) is 5. The van der Waals surface area contributed by atoms with Crippen molar-refractivity contribution in [3.63, 3.8) is 0 Å². The van der Waals surface area contributed by atoms with Gasteiger partial charge in [-0.25, -0.2) is 5.43 Å². The molecule has 0 aliphatic rings. The Morgan fingerprint density at radius 3 is 2.45 bits per heavy atom. The number of halogens is 1. The molecule has 3 rings (SSSR count). The Morgan fingerprint density at radius 1 is 1.03 bits per heavy atom. The number of hydrazone groups is 1. The highest BCUT2D eigenvalue weighted by molar-refractivity contribution is 6.33. The van der Waals surface area contributed by atoms with Crippen LogP contribution in [-0.4, -0.2) is 31.6 Å². The molecule has 11 heteroatoms.